The van der Waals surface area contributed by atoms with Crippen molar-refractivity contribution in [1.82, 2.24) is 5.32 Å². The van der Waals surface area contributed by atoms with Gasteiger partial charge in [0, 0.05) is 11.8 Å². The van der Waals surface area contributed by atoms with Crippen LogP contribution in [0.5, 0.6) is 11.5 Å². The van der Waals surface area contributed by atoms with Gasteiger partial charge in [-0.2, -0.15) is 12.6 Å². The quantitative estimate of drug-likeness (QED) is 0.668. The first-order chi connectivity index (χ1) is 7.26. The highest BCUT2D eigenvalue weighted by Gasteiger charge is 2.20. The SMILES string of the molecule is COc1cc2c(cc1O)CCN[C@@H]2CS. The first-order valence-corrected chi connectivity index (χ1v) is 5.63. The lowest BCUT2D eigenvalue weighted by molar-refractivity contribution is 0.370. The largest absolute Gasteiger partial charge is 0.504 e. The summed E-state index contributed by atoms with van der Waals surface area (Å²) < 4.78 is 5.10. The highest BCUT2D eigenvalue weighted by atomic mass is 32.1. The molecule has 0 saturated heterocycles. The third kappa shape index (κ3) is 1.92. The second kappa shape index (κ2) is 4.33. The van der Waals surface area contributed by atoms with Crippen molar-refractivity contribution in [2.24, 2.45) is 0 Å². The Morgan fingerprint density at radius 3 is 3.07 bits per heavy atom. The molecule has 0 aliphatic carbocycles. The molecule has 1 aliphatic heterocycles. The molecule has 0 saturated carbocycles. The Bertz CT molecular complexity index is 368. The van der Waals surface area contributed by atoms with E-state index in [1.54, 1.807) is 13.2 Å². The Kier molecular flexibility index (Phi) is 3.07. The van der Waals surface area contributed by atoms with Crippen molar-refractivity contribution < 1.29 is 9.84 Å². The second-order valence-electron chi connectivity index (χ2n) is 3.66. The molecule has 15 heavy (non-hydrogen) atoms. The van der Waals surface area contributed by atoms with Crippen LogP contribution in [0, 0.1) is 0 Å². The number of hydrogen-bond acceptors (Lipinski definition) is 4. The summed E-state index contributed by atoms with van der Waals surface area (Å²) in [7, 11) is 1.56. The number of ether oxygens (including phenoxy) is 1. The molecule has 0 spiro atoms. The van der Waals surface area contributed by atoms with Crippen LogP contribution in [0.3, 0.4) is 0 Å². The third-order valence-corrected chi connectivity index (χ3v) is 3.15. The van der Waals surface area contributed by atoms with E-state index < -0.39 is 0 Å². The van der Waals surface area contributed by atoms with Gasteiger partial charge in [0.1, 0.15) is 0 Å². The molecule has 1 heterocycles. The molecule has 1 aromatic carbocycles. The van der Waals surface area contributed by atoms with E-state index in [0.29, 0.717) is 5.75 Å². The molecule has 0 amide bonds. The maximum atomic E-state index is 9.66. The van der Waals surface area contributed by atoms with Crippen molar-refractivity contribution in [3.05, 3.63) is 23.3 Å². The molecule has 1 atom stereocenters. The van der Waals surface area contributed by atoms with Crippen LogP contribution in [0.25, 0.3) is 0 Å². The predicted molar refractivity (Wildman–Crippen MR) is 63.0 cm³/mol. The van der Waals surface area contributed by atoms with Crippen LogP contribution in [0.1, 0.15) is 17.2 Å². The van der Waals surface area contributed by atoms with Crippen molar-refractivity contribution in [3.63, 3.8) is 0 Å². The molecule has 82 valence electrons. The Labute approximate surface area is 94.9 Å². The summed E-state index contributed by atoms with van der Waals surface area (Å²) in [6.45, 7) is 0.935. The second-order valence-corrected chi connectivity index (χ2v) is 4.03. The maximum Gasteiger partial charge on any atom is 0.160 e. The zero-order valence-corrected chi connectivity index (χ0v) is 9.55. The van der Waals surface area contributed by atoms with Crippen LogP contribution >= 0.6 is 12.6 Å². The topological polar surface area (TPSA) is 41.5 Å². The minimum atomic E-state index is 0.219. The number of nitrogens with one attached hydrogen (secondary N) is 1. The molecule has 0 fully saturated rings. The zero-order valence-electron chi connectivity index (χ0n) is 8.66. The minimum absolute atomic E-state index is 0.219. The highest BCUT2D eigenvalue weighted by Crippen LogP contribution is 2.34. The standard InChI is InChI=1S/C11H15NO2S/c1-14-11-5-8-7(4-10(11)13)2-3-12-9(8)6-15/h4-5,9,12-13,15H,2-3,6H2,1H3/t9-/m1/s1. The number of aromatic hydroxyl groups is 1. The number of rotatable bonds is 2. The number of benzene rings is 1. The highest BCUT2D eigenvalue weighted by molar-refractivity contribution is 7.80. The lowest BCUT2D eigenvalue weighted by Gasteiger charge is -2.26. The molecular formula is C11H15NO2S. The number of fused-ring (bicyclic) bond motifs is 1. The lowest BCUT2D eigenvalue weighted by atomic mass is 9.94. The first kappa shape index (κ1) is 10.6. The van der Waals surface area contributed by atoms with Gasteiger partial charge >= 0.3 is 0 Å². The first-order valence-electron chi connectivity index (χ1n) is 5.00. The fraction of sp³-hybridized carbons (Fsp3) is 0.455. The molecular weight excluding hydrogens is 210 g/mol. The van der Waals surface area contributed by atoms with Crippen LogP contribution < -0.4 is 10.1 Å². The average Bonchev–Trinajstić information content (AvgIpc) is 2.27. The summed E-state index contributed by atoms with van der Waals surface area (Å²) >= 11 is 4.31. The minimum Gasteiger partial charge on any atom is -0.504 e. The van der Waals surface area contributed by atoms with E-state index in [1.807, 2.05) is 6.07 Å². The van der Waals surface area contributed by atoms with Gasteiger partial charge in [-0.05, 0) is 36.2 Å². The molecule has 3 nitrogen and oxygen atoms in total. The van der Waals surface area contributed by atoms with Crippen molar-refractivity contribution in [1.29, 1.82) is 0 Å². The third-order valence-electron chi connectivity index (χ3n) is 2.78. The Morgan fingerprint density at radius 1 is 1.60 bits per heavy atom. The summed E-state index contributed by atoms with van der Waals surface area (Å²) in [6, 6.07) is 3.95. The maximum absolute atomic E-state index is 9.66. The normalized spacial score (nSPS) is 19.7. The fourth-order valence-corrected chi connectivity index (χ4v) is 2.31. The van der Waals surface area contributed by atoms with Gasteiger partial charge in [0.2, 0.25) is 0 Å². The fourth-order valence-electron chi connectivity index (χ4n) is 1.99. The predicted octanol–water partition coefficient (Wildman–Crippen LogP) is 1.52. The van der Waals surface area contributed by atoms with Crippen molar-refractivity contribution in [2.45, 2.75) is 12.5 Å². The van der Waals surface area contributed by atoms with E-state index in [1.165, 1.54) is 11.1 Å². The van der Waals surface area contributed by atoms with Crippen molar-refractivity contribution >= 4 is 12.6 Å². The number of phenols is 1. The summed E-state index contributed by atoms with van der Waals surface area (Å²) in [6.07, 6.45) is 0.942. The lowest BCUT2D eigenvalue weighted by Crippen LogP contribution is -2.30. The van der Waals surface area contributed by atoms with E-state index >= 15 is 0 Å². The molecule has 0 bridgehead atoms. The van der Waals surface area contributed by atoms with E-state index in [4.69, 9.17) is 4.74 Å². The van der Waals surface area contributed by atoms with Crippen LogP contribution in [-0.4, -0.2) is 24.5 Å². The Balaban J connectivity index is 2.46. The monoisotopic (exact) mass is 225 g/mol. The van der Waals surface area contributed by atoms with Gasteiger partial charge in [-0.1, -0.05) is 0 Å². The number of thiol groups is 1. The van der Waals surface area contributed by atoms with Crippen molar-refractivity contribution in [2.75, 3.05) is 19.4 Å². The van der Waals surface area contributed by atoms with Gasteiger partial charge in [0.15, 0.2) is 11.5 Å². The smallest absolute Gasteiger partial charge is 0.160 e. The summed E-state index contributed by atoms with van der Waals surface area (Å²) in [5.41, 5.74) is 2.37. The van der Waals surface area contributed by atoms with Crippen LogP contribution in [0.4, 0.5) is 0 Å². The van der Waals surface area contributed by atoms with Crippen LogP contribution in [-0.2, 0) is 6.42 Å². The van der Waals surface area contributed by atoms with Crippen LogP contribution in [0.15, 0.2) is 12.1 Å². The molecule has 1 aliphatic rings. The van der Waals surface area contributed by atoms with E-state index in [9.17, 15) is 5.11 Å². The summed E-state index contributed by atoms with van der Waals surface area (Å²) in [4.78, 5) is 0. The van der Waals surface area contributed by atoms with Crippen molar-refractivity contribution in [3.8, 4) is 11.5 Å². The molecule has 4 heteroatoms. The van der Waals surface area contributed by atoms with E-state index in [0.717, 1.165) is 18.7 Å². The van der Waals surface area contributed by atoms with Gasteiger partial charge < -0.3 is 15.2 Å². The Morgan fingerprint density at radius 2 is 2.40 bits per heavy atom. The van der Waals surface area contributed by atoms with Gasteiger partial charge in [-0.3, -0.25) is 0 Å². The van der Waals surface area contributed by atoms with E-state index in [-0.39, 0.29) is 11.8 Å². The molecule has 0 radical (unpaired) electrons. The number of methoxy groups -OCH3 is 1. The molecule has 2 N–H and O–H groups in total. The van der Waals surface area contributed by atoms with Gasteiger partial charge in [-0.15, -0.1) is 0 Å². The Hall–Kier alpha value is -0.870. The van der Waals surface area contributed by atoms with Gasteiger partial charge in [-0.25, -0.2) is 0 Å². The van der Waals surface area contributed by atoms with Crippen LogP contribution in [0.2, 0.25) is 0 Å². The molecule has 1 aromatic rings. The number of hydrogen-bond donors (Lipinski definition) is 3. The van der Waals surface area contributed by atoms with Gasteiger partial charge in [0.25, 0.3) is 0 Å². The molecule has 0 unspecified atom stereocenters. The zero-order chi connectivity index (χ0) is 10.8. The average molecular weight is 225 g/mol. The summed E-state index contributed by atoms with van der Waals surface area (Å²) in [5.74, 6) is 1.50. The molecule has 2 rings (SSSR count). The number of phenolic OH excluding ortho intramolecular Hbond substituents is 1. The molecule has 0 aromatic heterocycles. The van der Waals surface area contributed by atoms with Gasteiger partial charge in [0.05, 0.1) is 7.11 Å². The van der Waals surface area contributed by atoms with E-state index in [2.05, 4.69) is 17.9 Å². The summed E-state index contributed by atoms with van der Waals surface area (Å²) in [5, 5.41) is 13.0.